The molecule has 38 heavy (non-hydrogen) atoms. The molecular weight excluding hydrogens is 486 g/mol. The number of nitrogens with one attached hydrogen (secondary N) is 2. The van der Waals surface area contributed by atoms with Crippen LogP contribution < -0.4 is 24.8 Å². The lowest BCUT2D eigenvalue weighted by molar-refractivity contribution is -0.147. The Morgan fingerprint density at radius 2 is 2.03 bits per heavy atom. The second-order valence-electron chi connectivity index (χ2n) is 9.72. The molecule has 1 amide bonds. The standard InChI is InChI=1S/C29H37N3O6/c1-19(21-5-7-25-22(15-21)9-12-37-25)32(24-16-23(17-24)29(34)35)18-20-4-6-26(27(14-20)36-3)38-13-11-31-28(33)8-10-30-2/h4-8,10,14-15,19,23-24,30H,9,11-13,16-18H2,1-3H3,(H,31,33)(H,34,35)/b10-8-/t19-,23?,24?/m0/s1. The van der Waals surface area contributed by atoms with Crippen LogP contribution in [-0.2, 0) is 22.6 Å². The number of nitrogens with zero attached hydrogens (tertiary/aromatic N) is 1. The van der Waals surface area contributed by atoms with E-state index < -0.39 is 5.97 Å². The zero-order valence-electron chi connectivity index (χ0n) is 22.2. The van der Waals surface area contributed by atoms with Crippen molar-refractivity contribution in [3.05, 3.63) is 65.4 Å². The van der Waals surface area contributed by atoms with Crippen LogP contribution in [-0.4, -0.2) is 61.8 Å². The summed E-state index contributed by atoms with van der Waals surface area (Å²) in [7, 11) is 3.33. The van der Waals surface area contributed by atoms with Crippen LogP contribution in [0.5, 0.6) is 17.2 Å². The summed E-state index contributed by atoms with van der Waals surface area (Å²) in [5.41, 5.74) is 3.48. The number of methoxy groups -OCH3 is 1. The van der Waals surface area contributed by atoms with Crippen molar-refractivity contribution < 1.29 is 28.9 Å². The van der Waals surface area contributed by atoms with Gasteiger partial charge in [0.1, 0.15) is 12.4 Å². The fourth-order valence-corrected chi connectivity index (χ4v) is 4.99. The molecule has 1 aliphatic carbocycles. The van der Waals surface area contributed by atoms with E-state index >= 15 is 0 Å². The molecule has 2 aromatic rings. The van der Waals surface area contributed by atoms with Crippen molar-refractivity contribution >= 4 is 11.9 Å². The van der Waals surface area contributed by atoms with E-state index in [2.05, 4.69) is 34.6 Å². The molecule has 2 aliphatic rings. The Bertz CT molecular complexity index is 1160. The first kappa shape index (κ1) is 27.3. The lowest BCUT2D eigenvalue weighted by Gasteiger charge is -2.44. The second kappa shape index (κ2) is 12.7. The minimum Gasteiger partial charge on any atom is -0.493 e. The summed E-state index contributed by atoms with van der Waals surface area (Å²) in [5, 5.41) is 15.0. The van der Waals surface area contributed by atoms with Gasteiger partial charge in [0.2, 0.25) is 5.91 Å². The van der Waals surface area contributed by atoms with Crippen LogP contribution in [0, 0.1) is 5.92 Å². The lowest BCUT2D eigenvalue weighted by Crippen LogP contribution is -2.47. The van der Waals surface area contributed by atoms with Gasteiger partial charge in [-0.15, -0.1) is 0 Å². The maximum Gasteiger partial charge on any atom is 0.306 e. The molecule has 2 aromatic carbocycles. The predicted octanol–water partition coefficient (Wildman–Crippen LogP) is 3.28. The van der Waals surface area contributed by atoms with E-state index in [1.165, 1.54) is 17.2 Å². The summed E-state index contributed by atoms with van der Waals surface area (Å²) in [6.07, 6.45) is 5.17. The molecule has 0 unspecified atom stereocenters. The van der Waals surface area contributed by atoms with Gasteiger partial charge in [0.05, 0.1) is 26.2 Å². The fourth-order valence-electron chi connectivity index (χ4n) is 4.99. The highest BCUT2D eigenvalue weighted by Gasteiger charge is 2.40. The van der Waals surface area contributed by atoms with E-state index in [0.29, 0.717) is 50.6 Å². The molecule has 1 fully saturated rings. The third-order valence-electron chi connectivity index (χ3n) is 7.28. The summed E-state index contributed by atoms with van der Waals surface area (Å²) in [4.78, 5) is 25.6. The van der Waals surface area contributed by atoms with E-state index in [4.69, 9.17) is 14.2 Å². The Labute approximate surface area is 223 Å². The van der Waals surface area contributed by atoms with Crippen LogP contribution in [0.2, 0.25) is 0 Å². The molecule has 0 aromatic heterocycles. The van der Waals surface area contributed by atoms with Crippen molar-refractivity contribution in [2.45, 2.75) is 44.8 Å². The zero-order chi connectivity index (χ0) is 27.1. The first-order chi connectivity index (χ1) is 18.4. The third kappa shape index (κ3) is 6.58. The SMILES string of the molecule is CN/C=C\C(=O)NCCOc1ccc(CN(C2CC(C(=O)O)C2)[C@@H](C)c2ccc3c(c2)CCO3)cc1OC. The van der Waals surface area contributed by atoms with E-state index in [1.54, 1.807) is 20.4 Å². The highest BCUT2D eigenvalue weighted by atomic mass is 16.5. The Kier molecular flexibility index (Phi) is 9.12. The summed E-state index contributed by atoms with van der Waals surface area (Å²) in [5.74, 6) is 0.962. The van der Waals surface area contributed by atoms with Gasteiger partial charge in [0.25, 0.3) is 0 Å². The van der Waals surface area contributed by atoms with Crippen molar-refractivity contribution in [3.63, 3.8) is 0 Å². The minimum absolute atomic E-state index is 0.100. The van der Waals surface area contributed by atoms with E-state index in [0.717, 1.165) is 17.7 Å². The van der Waals surface area contributed by atoms with E-state index in [1.807, 2.05) is 24.3 Å². The van der Waals surface area contributed by atoms with Gasteiger partial charge in [-0.2, -0.15) is 0 Å². The van der Waals surface area contributed by atoms with Gasteiger partial charge in [-0.05, 0) is 54.7 Å². The number of carboxylic acid groups (broad SMARTS) is 1. The van der Waals surface area contributed by atoms with Gasteiger partial charge in [-0.3, -0.25) is 14.5 Å². The first-order valence-electron chi connectivity index (χ1n) is 13.0. The molecule has 4 rings (SSSR count). The molecule has 1 saturated carbocycles. The molecule has 0 saturated heterocycles. The molecule has 9 heteroatoms. The highest BCUT2D eigenvalue weighted by Crippen LogP contribution is 2.39. The number of aliphatic carboxylic acids is 1. The first-order valence-corrected chi connectivity index (χ1v) is 13.0. The molecule has 0 spiro atoms. The number of ether oxygens (including phenoxy) is 3. The minimum atomic E-state index is -0.721. The largest absolute Gasteiger partial charge is 0.493 e. The van der Waals surface area contributed by atoms with Crippen molar-refractivity contribution in [1.29, 1.82) is 0 Å². The summed E-state index contributed by atoms with van der Waals surface area (Å²) < 4.78 is 17.1. The number of carboxylic acids is 1. The Hall–Kier alpha value is -3.72. The molecule has 0 bridgehead atoms. The third-order valence-corrected chi connectivity index (χ3v) is 7.28. The normalized spacial score (nSPS) is 18.8. The average Bonchev–Trinajstić information content (AvgIpc) is 3.36. The Morgan fingerprint density at radius 3 is 2.76 bits per heavy atom. The highest BCUT2D eigenvalue weighted by molar-refractivity contribution is 5.87. The Morgan fingerprint density at radius 1 is 1.21 bits per heavy atom. The van der Waals surface area contributed by atoms with E-state index in [9.17, 15) is 14.7 Å². The predicted molar refractivity (Wildman–Crippen MR) is 143 cm³/mol. The number of fused-ring (bicyclic) bond motifs is 1. The topological polar surface area (TPSA) is 109 Å². The quantitative estimate of drug-likeness (QED) is 0.271. The van der Waals surface area contributed by atoms with Crippen LogP contribution in [0.15, 0.2) is 48.7 Å². The summed E-state index contributed by atoms with van der Waals surface area (Å²) in [6, 6.07) is 12.5. The molecular formula is C29H37N3O6. The average molecular weight is 524 g/mol. The molecule has 1 atom stereocenters. The number of carbonyl (C=O) groups excluding carboxylic acids is 1. The van der Waals surface area contributed by atoms with Gasteiger partial charge in [-0.1, -0.05) is 18.2 Å². The number of hydrogen-bond acceptors (Lipinski definition) is 7. The summed E-state index contributed by atoms with van der Waals surface area (Å²) >= 11 is 0. The Balaban J connectivity index is 1.44. The van der Waals surface area contributed by atoms with Gasteiger partial charge in [-0.25, -0.2) is 0 Å². The molecule has 0 radical (unpaired) electrons. The van der Waals surface area contributed by atoms with Crippen molar-refractivity contribution in [3.8, 4) is 17.2 Å². The molecule has 9 nitrogen and oxygen atoms in total. The van der Waals surface area contributed by atoms with Crippen molar-refractivity contribution in [2.75, 3.05) is 33.9 Å². The molecule has 1 heterocycles. The number of hydrogen-bond donors (Lipinski definition) is 3. The van der Waals surface area contributed by atoms with Gasteiger partial charge >= 0.3 is 5.97 Å². The monoisotopic (exact) mass is 523 g/mol. The van der Waals surface area contributed by atoms with Gasteiger partial charge in [0.15, 0.2) is 11.5 Å². The van der Waals surface area contributed by atoms with Crippen LogP contribution >= 0.6 is 0 Å². The number of rotatable bonds is 13. The number of carbonyl (C=O) groups is 2. The zero-order valence-corrected chi connectivity index (χ0v) is 22.2. The van der Waals surface area contributed by atoms with Crippen molar-refractivity contribution in [2.24, 2.45) is 5.92 Å². The second-order valence-corrected chi connectivity index (χ2v) is 9.72. The van der Waals surface area contributed by atoms with Gasteiger partial charge < -0.3 is 30.0 Å². The van der Waals surface area contributed by atoms with Crippen LogP contribution in [0.4, 0.5) is 0 Å². The van der Waals surface area contributed by atoms with Crippen LogP contribution in [0.25, 0.3) is 0 Å². The molecule has 204 valence electrons. The maximum atomic E-state index is 11.7. The number of amides is 1. The van der Waals surface area contributed by atoms with Crippen molar-refractivity contribution in [1.82, 2.24) is 15.5 Å². The van der Waals surface area contributed by atoms with Crippen LogP contribution in [0.3, 0.4) is 0 Å². The number of benzene rings is 2. The smallest absolute Gasteiger partial charge is 0.306 e. The molecule has 3 N–H and O–H groups in total. The fraction of sp³-hybridized carbons (Fsp3) is 0.448. The van der Waals surface area contributed by atoms with Crippen LogP contribution in [0.1, 0.15) is 42.5 Å². The van der Waals surface area contributed by atoms with Gasteiger partial charge in [0, 0.05) is 44.4 Å². The lowest BCUT2D eigenvalue weighted by atomic mass is 9.78. The maximum absolute atomic E-state index is 11.7. The van der Waals surface area contributed by atoms with E-state index in [-0.39, 0.29) is 23.9 Å². The molecule has 1 aliphatic heterocycles. The summed E-state index contributed by atoms with van der Waals surface area (Å²) in [6.45, 7) is 4.21.